The Bertz CT molecular complexity index is 735. The summed E-state index contributed by atoms with van der Waals surface area (Å²) in [6, 6.07) is 19.6. The first-order chi connectivity index (χ1) is 11.6. The highest BCUT2D eigenvalue weighted by atomic mass is 16.3. The van der Waals surface area contributed by atoms with Crippen molar-refractivity contribution in [2.45, 2.75) is 49.0 Å². The lowest BCUT2D eigenvalue weighted by molar-refractivity contribution is -0.119. The molecule has 0 saturated heterocycles. The molecule has 4 fully saturated rings. The molecule has 0 heterocycles. The average Bonchev–Trinajstić information content (AvgIpc) is 2.60. The van der Waals surface area contributed by atoms with E-state index in [1.807, 2.05) is 12.1 Å². The Balaban J connectivity index is 1.62. The normalized spacial score (nSPS) is 40.0. The summed E-state index contributed by atoms with van der Waals surface area (Å²) in [6.07, 6.45) is 5.65. The smallest absolute Gasteiger partial charge is 0.0597 e. The van der Waals surface area contributed by atoms with Gasteiger partial charge in [-0.1, -0.05) is 42.5 Å². The molecule has 2 nitrogen and oxygen atoms in total. The number of rotatable bonds is 2. The summed E-state index contributed by atoms with van der Waals surface area (Å²) in [5, 5.41) is 10.8. The number of nitrogen functional groups attached to an aromatic ring is 1. The lowest BCUT2D eigenvalue weighted by Crippen LogP contribution is -2.61. The summed E-state index contributed by atoms with van der Waals surface area (Å²) < 4.78 is 0. The summed E-state index contributed by atoms with van der Waals surface area (Å²) in [5.74, 6) is 0.869. The Labute approximate surface area is 143 Å². The van der Waals surface area contributed by atoms with E-state index < -0.39 is 0 Å². The molecular weight excluding hydrogens is 294 g/mol. The van der Waals surface area contributed by atoms with Crippen molar-refractivity contribution in [3.63, 3.8) is 0 Å². The summed E-state index contributed by atoms with van der Waals surface area (Å²) in [5.41, 5.74) is 10.1. The predicted octanol–water partition coefficient (Wildman–Crippen LogP) is 4.03. The zero-order valence-electron chi connectivity index (χ0n) is 14.0. The van der Waals surface area contributed by atoms with Crippen molar-refractivity contribution >= 4 is 5.69 Å². The summed E-state index contributed by atoms with van der Waals surface area (Å²) >= 11 is 0. The Morgan fingerprint density at radius 3 is 1.79 bits per heavy atom. The quantitative estimate of drug-likeness (QED) is 0.821. The Hall–Kier alpha value is -1.80. The molecule has 4 aliphatic carbocycles. The van der Waals surface area contributed by atoms with Crippen LogP contribution in [0.25, 0.3) is 0 Å². The standard InChI is InChI=1S/C22H25NO/c23-19-8-6-18(7-9-19)22-12-15-10-21(14-22,11-16(13-22)20(15)24)17-4-2-1-3-5-17/h1-9,15-16,20,24H,10-14,23H2/t15-,16+,20?,21?,22?. The van der Waals surface area contributed by atoms with Crippen LogP contribution >= 0.6 is 0 Å². The Morgan fingerprint density at radius 1 is 0.750 bits per heavy atom. The molecule has 0 amide bonds. The van der Waals surface area contributed by atoms with Crippen LogP contribution in [0.5, 0.6) is 0 Å². The number of anilines is 1. The Kier molecular flexibility index (Phi) is 2.94. The van der Waals surface area contributed by atoms with Gasteiger partial charge in [0.05, 0.1) is 6.10 Å². The SMILES string of the molecule is Nc1ccc(C23C[C@H]4CC(c5ccccc5)(C[C@@H](C2)C4O)C3)cc1. The van der Waals surface area contributed by atoms with E-state index in [1.165, 1.54) is 17.5 Å². The van der Waals surface area contributed by atoms with Crippen molar-refractivity contribution in [3.05, 3.63) is 65.7 Å². The first kappa shape index (κ1) is 14.5. The van der Waals surface area contributed by atoms with Crippen molar-refractivity contribution in [3.8, 4) is 0 Å². The first-order valence-corrected chi connectivity index (χ1v) is 9.20. The van der Waals surface area contributed by atoms with Crippen LogP contribution < -0.4 is 5.73 Å². The maximum atomic E-state index is 10.8. The zero-order valence-corrected chi connectivity index (χ0v) is 14.0. The predicted molar refractivity (Wildman–Crippen MR) is 96.7 cm³/mol. The van der Waals surface area contributed by atoms with Gasteiger partial charge in [-0.25, -0.2) is 0 Å². The molecule has 2 heteroatoms. The van der Waals surface area contributed by atoms with Crippen LogP contribution in [0.15, 0.2) is 54.6 Å². The number of aliphatic hydroxyl groups is 1. The van der Waals surface area contributed by atoms with Gasteiger partial charge < -0.3 is 10.8 Å². The minimum absolute atomic E-state index is 0.107. The fourth-order valence-electron chi connectivity index (χ4n) is 6.43. The fourth-order valence-corrected chi connectivity index (χ4v) is 6.43. The molecule has 2 aromatic carbocycles. The number of hydrogen-bond acceptors (Lipinski definition) is 2. The maximum absolute atomic E-state index is 10.8. The van der Waals surface area contributed by atoms with Crippen molar-refractivity contribution in [2.24, 2.45) is 11.8 Å². The topological polar surface area (TPSA) is 46.2 Å². The fraction of sp³-hybridized carbons (Fsp3) is 0.455. The van der Waals surface area contributed by atoms with Crippen LogP contribution in [0.1, 0.15) is 43.2 Å². The molecular formula is C22H25NO. The molecule has 0 radical (unpaired) electrons. The number of benzene rings is 2. The second kappa shape index (κ2) is 4.86. The second-order valence-corrected chi connectivity index (χ2v) is 8.55. The van der Waals surface area contributed by atoms with E-state index in [0.29, 0.717) is 11.8 Å². The van der Waals surface area contributed by atoms with Crippen LogP contribution in [0.4, 0.5) is 5.69 Å². The van der Waals surface area contributed by atoms with Crippen LogP contribution in [0.2, 0.25) is 0 Å². The molecule has 4 aliphatic rings. The van der Waals surface area contributed by atoms with Gasteiger partial charge in [0.2, 0.25) is 0 Å². The lowest BCUT2D eigenvalue weighted by Gasteiger charge is -2.64. The van der Waals surface area contributed by atoms with Crippen molar-refractivity contribution in [2.75, 3.05) is 5.73 Å². The van der Waals surface area contributed by atoms with Gasteiger partial charge in [-0.05, 0) is 78.0 Å². The monoisotopic (exact) mass is 319 g/mol. The zero-order chi connectivity index (χ0) is 16.4. The highest BCUT2D eigenvalue weighted by Crippen LogP contribution is 2.66. The number of hydrogen-bond donors (Lipinski definition) is 2. The van der Waals surface area contributed by atoms with Crippen molar-refractivity contribution in [1.82, 2.24) is 0 Å². The number of aliphatic hydroxyl groups excluding tert-OH is 1. The first-order valence-electron chi connectivity index (χ1n) is 9.20. The van der Waals surface area contributed by atoms with Gasteiger partial charge >= 0.3 is 0 Å². The highest BCUT2D eigenvalue weighted by Gasteiger charge is 2.61. The molecule has 5 atom stereocenters. The highest BCUT2D eigenvalue weighted by molar-refractivity contribution is 5.44. The van der Waals surface area contributed by atoms with E-state index in [2.05, 4.69) is 42.5 Å². The van der Waals surface area contributed by atoms with Gasteiger partial charge in [0.25, 0.3) is 0 Å². The molecule has 0 spiro atoms. The minimum Gasteiger partial charge on any atom is -0.399 e. The molecule has 4 saturated carbocycles. The van der Waals surface area contributed by atoms with Gasteiger partial charge in [0.1, 0.15) is 0 Å². The van der Waals surface area contributed by atoms with Crippen molar-refractivity contribution in [1.29, 1.82) is 0 Å². The van der Waals surface area contributed by atoms with Gasteiger partial charge in [-0.2, -0.15) is 0 Å². The maximum Gasteiger partial charge on any atom is 0.0597 e. The van der Waals surface area contributed by atoms with E-state index >= 15 is 0 Å². The molecule has 4 bridgehead atoms. The molecule has 3 unspecified atom stereocenters. The third-order valence-corrected chi connectivity index (χ3v) is 7.16. The van der Waals surface area contributed by atoms with Gasteiger partial charge in [0.15, 0.2) is 0 Å². The van der Waals surface area contributed by atoms with E-state index in [4.69, 9.17) is 5.73 Å². The minimum atomic E-state index is -0.107. The Morgan fingerprint density at radius 2 is 1.25 bits per heavy atom. The summed E-state index contributed by atoms with van der Waals surface area (Å²) in [6.45, 7) is 0. The van der Waals surface area contributed by atoms with Crippen LogP contribution in [0, 0.1) is 11.8 Å². The molecule has 124 valence electrons. The molecule has 0 aliphatic heterocycles. The number of nitrogens with two attached hydrogens (primary N) is 1. The molecule has 24 heavy (non-hydrogen) atoms. The largest absolute Gasteiger partial charge is 0.399 e. The van der Waals surface area contributed by atoms with Crippen LogP contribution in [0.3, 0.4) is 0 Å². The van der Waals surface area contributed by atoms with E-state index in [-0.39, 0.29) is 16.9 Å². The van der Waals surface area contributed by atoms with Gasteiger partial charge in [-0.15, -0.1) is 0 Å². The molecule has 6 rings (SSSR count). The summed E-state index contributed by atoms with van der Waals surface area (Å²) in [4.78, 5) is 0. The lowest BCUT2D eigenvalue weighted by atomic mass is 9.41. The third kappa shape index (κ3) is 1.92. The van der Waals surface area contributed by atoms with Crippen molar-refractivity contribution < 1.29 is 5.11 Å². The van der Waals surface area contributed by atoms with Gasteiger partial charge in [-0.3, -0.25) is 0 Å². The third-order valence-electron chi connectivity index (χ3n) is 7.16. The average molecular weight is 319 g/mol. The van der Waals surface area contributed by atoms with E-state index in [0.717, 1.165) is 31.4 Å². The van der Waals surface area contributed by atoms with E-state index in [9.17, 15) is 5.11 Å². The van der Waals surface area contributed by atoms with Crippen LogP contribution in [-0.2, 0) is 10.8 Å². The van der Waals surface area contributed by atoms with E-state index in [1.54, 1.807) is 0 Å². The van der Waals surface area contributed by atoms with Gasteiger partial charge in [0, 0.05) is 5.69 Å². The molecule has 2 aromatic rings. The second-order valence-electron chi connectivity index (χ2n) is 8.55. The molecule has 0 aromatic heterocycles. The molecule has 3 N–H and O–H groups in total. The summed E-state index contributed by atoms with van der Waals surface area (Å²) in [7, 11) is 0. The van der Waals surface area contributed by atoms with Crippen LogP contribution in [-0.4, -0.2) is 11.2 Å².